The van der Waals surface area contributed by atoms with Gasteiger partial charge in [-0.05, 0) is 123 Å². The molecule has 0 aliphatic carbocycles. The van der Waals surface area contributed by atoms with E-state index >= 15 is 4.79 Å². The van der Waals surface area contributed by atoms with Gasteiger partial charge in [-0.2, -0.15) is 0 Å². The van der Waals surface area contributed by atoms with Gasteiger partial charge in [0.15, 0.2) is 0 Å². The van der Waals surface area contributed by atoms with E-state index in [-0.39, 0.29) is 55.9 Å². The van der Waals surface area contributed by atoms with E-state index < -0.39 is 231 Å². The fraction of sp³-hybridized carbons (Fsp3) is 0.543. The summed E-state index contributed by atoms with van der Waals surface area (Å²) in [6.07, 6.45) is -7.13. The van der Waals surface area contributed by atoms with E-state index in [9.17, 15) is 98.1 Å². The van der Waals surface area contributed by atoms with Crippen molar-refractivity contribution in [1.82, 2.24) is 63.8 Å². The van der Waals surface area contributed by atoms with E-state index in [0.29, 0.717) is 36.1 Å². The zero-order valence-corrected chi connectivity index (χ0v) is 59.6. The third kappa shape index (κ3) is 27.8. The van der Waals surface area contributed by atoms with Gasteiger partial charge in [0.25, 0.3) is 0 Å². The van der Waals surface area contributed by atoms with Crippen LogP contribution in [0.4, 0.5) is 0 Å². The molecule has 36 nitrogen and oxygen atoms in total. The molecular weight excluding hydrogens is 1390 g/mol. The van der Waals surface area contributed by atoms with Crippen molar-refractivity contribution in [1.29, 1.82) is 0 Å². The molecule has 0 radical (unpaired) electrons. The summed E-state index contributed by atoms with van der Waals surface area (Å²) in [5, 5.41) is 104. The number of cyclic esters (lactones) is 1. The number of phenols is 3. The highest BCUT2D eigenvalue weighted by molar-refractivity contribution is 6.00. The van der Waals surface area contributed by atoms with Crippen molar-refractivity contribution in [3.05, 3.63) is 89.5 Å². The SMILES string of the molecule is CC[C@H](C)[C@@H]1NC(=O)[C@H](Cc2ccc(O)cc2)NC(=O)C(CO)NC(=O)[C@H](CCCN)NC(=O)C(Cc2ccc(O)cc2)NC(=O)C([C@@H](C)O)NC(=O)[C@H](CCC(=O)O)NC(=O)C(C(C)C)NC(=O)C(NC(=O)[C@H](Cc2ccc(O)cc2)NC(=O)[C@H](CCC(N)=O)NC(=O)[C@@H]2CCCN2)CC(O)COC1=O. The Morgan fingerprint density at radius 3 is 1.58 bits per heavy atom. The highest BCUT2D eigenvalue weighted by Crippen LogP contribution is 2.19. The summed E-state index contributed by atoms with van der Waals surface area (Å²) in [7, 11) is 0. The molecule has 5 rings (SSSR count). The second-order valence-electron chi connectivity index (χ2n) is 26.6. The van der Waals surface area contributed by atoms with Crippen molar-refractivity contribution in [3.63, 3.8) is 0 Å². The summed E-state index contributed by atoms with van der Waals surface area (Å²) in [6, 6.07) is -4.09. The van der Waals surface area contributed by atoms with Gasteiger partial charge in [-0.3, -0.25) is 62.3 Å². The van der Waals surface area contributed by atoms with Crippen LogP contribution in [0.25, 0.3) is 0 Å². The molecule has 2 aliphatic heterocycles. The number of aliphatic carboxylic acids is 1. The van der Waals surface area contributed by atoms with E-state index in [0.717, 1.165) is 6.92 Å². The standard InChI is InChI=1S/C70H100N14O22/c1-6-36(4)57-70(105)106-34-44(90)32-52(79-64(99)49(29-38-11-17-41(87)18-12-38)77-61(96)47(23-25-54(72)91)75-59(94)45-10-8-28-73-45)66(101)82-56(35(2)3)68(103)76-48(24-26-55(92)93)62(97)84-58(37(5)86)69(104)80-50(30-39-13-19-42(88)20-14-39)63(98)74-46(9-7-27-71)60(95)81-53(33-85)67(102)78-51(65(100)83-57)31-40-15-21-43(89)22-16-40/h11-22,35-37,44-53,56-58,73,85-90H,6-10,23-34,71H2,1-5H3,(H2,72,91)(H,74,98)(H,75,94)(H,76,103)(H,77,96)(H,78,102)(H,79,99)(H,80,104)(H,81,95)(H,82,101)(H,83,100)(H,84,97)(H,92,93)/t36-,37+,44?,45-,46-,47-,48-,49-,50?,51-,52?,53?,56?,57-,58?/m0/s1. The summed E-state index contributed by atoms with van der Waals surface area (Å²) in [6.45, 7) is 5.44. The number of aliphatic hydroxyl groups is 3. The van der Waals surface area contributed by atoms with Crippen molar-refractivity contribution in [2.24, 2.45) is 23.3 Å². The van der Waals surface area contributed by atoms with Crippen LogP contribution >= 0.6 is 0 Å². The number of primary amides is 1. The molecule has 6 unspecified atom stereocenters. The number of benzene rings is 3. The highest BCUT2D eigenvalue weighted by atomic mass is 16.5. The maximum Gasteiger partial charge on any atom is 0.329 e. The molecule has 12 amide bonds. The van der Waals surface area contributed by atoms with Gasteiger partial charge in [0.05, 0.1) is 24.9 Å². The van der Waals surface area contributed by atoms with Crippen molar-refractivity contribution in [2.45, 2.75) is 203 Å². The summed E-state index contributed by atoms with van der Waals surface area (Å²) < 4.78 is 5.61. The Bertz CT molecular complexity index is 3520. The smallest absolute Gasteiger partial charge is 0.329 e. The highest BCUT2D eigenvalue weighted by Gasteiger charge is 2.40. The summed E-state index contributed by atoms with van der Waals surface area (Å²) in [4.78, 5) is 198. The lowest BCUT2D eigenvalue weighted by molar-refractivity contribution is -0.153. The maximum absolute atomic E-state index is 15.0. The summed E-state index contributed by atoms with van der Waals surface area (Å²) in [5.41, 5.74) is 12.2. The van der Waals surface area contributed by atoms with E-state index in [2.05, 4.69) is 63.8 Å². The second-order valence-corrected chi connectivity index (χ2v) is 26.6. The number of aliphatic hydroxyl groups excluding tert-OH is 3. The van der Waals surface area contributed by atoms with Crippen LogP contribution in [-0.2, 0) is 91.1 Å². The van der Waals surface area contributed by atoms with Crippen LogP contribution in [-0.4, -0.2) is 230 Å². The molecule has 106 heavy (non-hydrogen) atoms. The number of amides is 12. The van der Waals surface area contributed by atoms with Crippen molar-refractivity contribution >= 4 is 82.8 Å². The van der Waals surface area contributed by atoms with Gasteiger partial charge in [0.1, 0.15) is 90.3 Å². The molecule has 0 saturated carbocycles. The zero-order valence-electron chi connectivity index (χ0n) is 59.6. The number of ether oxygens (including phenoxy) is 1. The van der Waals surface area contributed by atoms with Gasteiger partial charge in [-0.25, -0.2) is 4.79 Å². The minimum absolute atomic E-state index is 0.0455. The Hall–Kier alpha value is -10.6. The van der Waals surface area contributed by atoms with Crippen LogP contribution < -0.4 is 75.3 Å². The van der Waals surface area contributed by atoms with Gasteiger partial charge in [-0.15, -0.1) is 0 Å². The topological polar surface area (TPSA) is 586 Å². The first kappa shape index (κ1) is 86.1. The van der Waals surface area contributed by atoms with Gasteiger partial charge in [-0.1, -0.05) is 70.5 Å². The summed E-state index contributed by atoms with van der Waals surface area (Å²) in [5.74, 6) is -18.0. The summed E-state index contributed by atoms with van der Waals surface area (Å²) >= 11 is 0. The zero-order chi connectivity index (χ0) is 78.5. The Kier molecular flexibility index (Phi) is 34.4. The molecule has 3 aromatic carbocycles. The Morgan fingerprint density at radius 2 is 1.07 bits per heavy atom. The molecule has 0 aromatic heterocycles. The number of aromatic hydroxyl groups is 3. The second kappa shape index (κ2) is 42.4. The molecule has 0 spiro atoms. The molecule has 15 atom stereocenters. The molecule has 2 aliphatic rings. The number of hydrogen-bond donors (Lipinski definition) is 21. The molecule has 23 N–H and O–H groups in total. The number of carbonyl (C=O) groups excluding carboxylic acids is 13. The minimum atomic E-state index is -2.03. The number of nitrogens with two attached hydrogens (primary N) is 2. The number of esters is 1. The third-order valence-corrected chi connectivity index (χ3v) is 17.8. The predicted octanol–water partition coefficient (Wildman–Crippen LogP) is -4.83. The Balaban J connectivity index is 1.64. The number of nitrogens with one attached hydrogen (secondary N) is 12. The number of phenolic OH excluding ortho intramolecular Hbond substituents is 3. The lowest BCUT2D eigenvalue weighted by Crippen LogP contribution is -2.63. The van der Waals surface area contributed by atoms with Crippen LogP contribution in [0.3, 0.4) is 0 Å². The molecule has 2 saturated heterocycles. The van der Waals surface area contributed by atoms with Gasteiger partial charge >= 0.3 is 11.9 Å². The van der Waals surface area contributed by atoms with Gasteiger partial charge in [0.2, 0.25) is 70.9 Å². The first-order valence-electron chi connectivity index (χ1n) is 35.0. The average molecular weight is 1490 g/mol. The van der Waals surface area contributed by atoms with Crippen molar-refractivity contribution in [3.8, 4) is 17.2 Å². The molecule has 36 heteroatoms. The van der Waals surface area contributed by atoms with E-state index in [1.807, 2.05) is 0 Å². The molecule has 3 aromatic rings. The number of rotatable bonds is 26. The van der Waals surface area contributed by atoms with Crippen molar-refractivity contribution < 1.29 is 108 Å². The minimum Gasteiger partial charge on any atom is -0.508 e. The van der Waals surface area contributed by atoms with E-state index in [1.54, 1.807) is 13.8 Å². The number of hydrogen-bond acceptors (Lipinski definition) is 23. The number of carboxylic acid groups (broad SMARTS) is 1. The lowest BCUT2D eigenvalue weighted by atomic mass is 9.97. The molecular formula is C70H100N14O22. The average Bonchev–Trinajstić information content (AvgIpc) is 0.876. The first-order valence-corrected chi connectivity index (χ1v) is 35.0. The van der Waals surface area contributed by atoms with Crippen LogP contribution in [0, 0.1) is 11.8 Å². The van der Waals surface area contributed by atoms with Gasteiger partial charge < -0.3 is 116 Å². The third-order valence-electron chi connectivity index (χ3n) is 17.8. The number of carboxylic acids is 1. The lowest BCUT2D eigenvalue weighted by Gasteiger charge is -2.30. The van der Waals surface area contributed by atoms with E-state index in [1.165, 1.54) is 86.6 Å². The van der Waals surface area contributed by atoms with E-state index in [4.69, 9.17) is 16.2 Å². The fourth-order valence-electron chi connectivity index (χ4n) is 11.4. The maximum atomic E-state index is 15.0. The molecule has 2 fully saturated rings. The molecule has 582 valence electrons. The normalized spacial score (nSPS) is 24.2. The molecule has 0 bridgehead atoms. The monoisotopic (exact) mass is 1490 g/mol. The van der Waals surface area contributed by atoms with Crippen LogP contribution in [0.5, 0.6) is 17.2 Å². The quantitative estimate of drug-likeness (QED) is 0.0335. The van der Waals surface area contributed by atoms with Crippen LogP contribution in [0.15, 0.2) is 72.8 Å². The largest absolute Gasteiger partial charge is 0.508 e. The first-order chi connectivity index (χ1) is 50.2. The predicted molar refractivity (Wildman–Crippen MR) is 376 cm³/mol. The fourth-order valence-corrected chi connectivity index (χ4v) is 11.4. The van der Waals surface area contributed by atoms with Crippen LogP contribution in [0.1, 0.15) is 116 Å². The Morgan fingerprint density at radius 1 is 0.585 bits per heavy atom. The van der Waals surface area contributed by atoms with Crippen LogP contribution in [0.2, 0.25) is 0 Å². The van der Waals surface area contributed by atoms with Gasteiger partial charge in [0, 0.05) is 38.5 Å². The van der Waals surface area contributed by atoms with Crippen molar-refractivity contribution in [2.75, 3.05) is 26.3 Å². The number of carbonyl (C=O) groups is 14. The Labute approximate surface area is 611 Å². The molecule has 2 heterocycles.